The van der Waals surface area contributed by atoms with E-state index >= 15 is 4.39 Å². The normalized spacial score (nSPS) is 16.3. The van der Waals surface area contributed by atoms with Crippen LogP contribution in [0.4, 0.5) is 23.2 Å². The van der Waals surface area contributed by atoms with Crippen molar-refractivity contribution in [3.05, 3.63) is 65.1 Å². The van der Waals surface area contributed by atoms with Gasteiger partial charge < -0.3 is 25.2 Å². The topological polar surface area (TPSA) is 94.9 Å². The first-order valence-corrected chi connectivity index (χ1v) is 12.7. The van der Waals surface area contributed by atoms with Gasteiger partial charge in [-0.3, -0.25) is 9.78 Å². The highest BCUT2D eigenvalue weighted by Crippen LogP contribution is 2.41. The van der Waals surface area contributed by atoms with Crippen molar-refractivity contribution in [3.8, 4) is 5.75 Å². The number of rotatable bonds is 11. The minimum atomic E-state index is -1.52. The van der Waals surface area contributed by atoms with Gasteiger partial charge in [-0.2, -0.15) is 0 Å². The Morgan fingerprint density at radius 3 is 2.62 bits per heavy atom. The molecule has 4 rings (SSSR count). The van der Waals surface area contributed by atoms with Crippen molar-refractivity contribution in [1.82, 2.24) is 9.88 Å². The number of aliphatic hydroxyl groups excluding tert-OH is 1. The van der Waals surface area contributed by atoms with E-state index in [0.717, 1.165) is 6.07 Å². The fourth-order valence-corrected chi connectivity index (χ4v) is 5.21. The molecule has 1 fully saturated rings. The molecule has 1 aliphatic heterocycles. The summed E-state index contributed by atoms with van der Waals surface area (Å²) in [6, 6.07) is 6.42. The van der Waals surface area contributed by atoms with Gasteiger partial charge in [-0.25, -0.2) is 17.6 Å². The standard InChI is InChI=1S/C28H31F4N3O4/c1-39-19-2-3-23-20(14-19)25(17(16-36)15-34-23)21(30)4-5-28(27(37)38)6-9-35(10-7-28)11-8-33-24-13-18(29)12-22(31)26(24)32/h2-3,12-15,21,33,36H,4-11,16H2,1H3,(H,37,38)/t21-/m0/s1. The number of ether oxygens (including phenoxy) is 1. The van der Waals surface area contributed by atoms with Gasteiger partial charge in [0.2, 0.25) is 0 Å². The van der Waals surface area contributed by atoms with Crippen molar-refractivity contribution in [2.45, 2.75) is 38.5 Å². The Morgan fingerprint density at radius 2 is 1.95 bits per heavy atom. The fraction of sp³-hybridized carbons (Fsp3) is 0.429. The molecule has 210 valence electrons. The Kier molecular flexibility index (Phi) is 8.91. The molecule has 1 saturated heterocycles. The molecular formula is C28H31F4N3O4. The van der Waals surface area contributed by atoms with Crippen LogP contribution in [0.25, 0.3) is 10.9 Å². The summed E-state index contributed by atoms with van der Waals surface area (Å²) in [7, 11) is 1.50. The smallest absolute Gasteiger partial charge is 0.309 e. The molecule has 3 N–H and O–H groups in total. The minimum Gasteiger partial charge on any atom is -0.497 e. The van der Waals surface area contributed by atoms with E-state index in [2.05, 4.69) is 10.3 Å². The van der Waals surface area contributed by atoms with Crippen LogP contribution in [0, 0.1) is 22.9 Å². The van der Waals surface area contributed by atoms with Crippen LogP contribution in [0.2, 0.25) is 0 Å². The molecule has 2 heterocycles. The first-order valence-electron chi connectivity index (χ1n) is 12.7. The number of piperidine rings is 1. The summed E-state index contributed by atoms with van der Waals surface area (Å²) in [6.07, 6.45) is 0.528. The molecule has 39 heavy (non-hydrogen) atoms. The zero-order valence-corrected chi connectivity index (χ0v) is 21.5. The monoisotopic (exact) mass is 549 g/mol. The molecule has 0 radical (unpaired) electrons. The lowest BCUT2D eigenvalue weighted by atomic mass is 9.74. The predicted molar refractivity (Wildman–Crippen MR) is 138 cm³/mol. The van der Waals surface area contributed by atoms with Gasteiger partial charge in [0.05, 0.1) is 30.3 Å². The summed E-state index contributed by atoms with van der Waals surface area (Å²) in [6.45, 7) is 1.04. The van der Waals surface area contributed by atoms with Crippen LogP contribution < -0.4 is 10.1 Å². The lowest BCUT2D eigenvalue weighted by Gasteiger charge is -2.39. The van der Waals surface area contributed by atoms with Gasteiger partial charge in [-0.1, -0.05) is 0 Å². The number of alkyl halides is 1. The van der Waals surface area contributed by atoms with Crippen LogP contribution in [-0.4, -0.2) is 59.4 Å². The van der Waals surface area contributed by atoms with E-state index in [1.165, 1.54) is 13.3 Å². The average molecular weight is 550 g/mol. The second-order valence-corrected chi connectivity index (χ2v) is 9.85. The number of carbonyl (C=O) groups is 1. The lowest BCUT2D eigenvalue weighted by Crippen LogP contribution is -2.45. The maximum atomic E-state index is 15.8. The number of likely N-dealkylation sites (tertiary alicyclic amines) is 1. The maximum Gasteiger partial charge on any atom is 0.309 e. The highest BCUT2D eigenvalue weighted by atomic mass is 19.2. The highest BCUT2D eigenvalue weighted by Gasteiger charge is 2.41. The maximum absolute atomic E-state index is 15.8. The molecule has 0 spiro atoms. The Hall–Kier alpha value is -3.44. The summed E-state index contributed by atoms with van der Waals surface area (Å²) in [5.74, 6) is -3.81. The number of fused-ring (bicyclic) bond motifs is 1. The van der Waals surface area contributed by atoms with E-state index in [-0.39, 0.29) is 43.5 Å². The number of anilines is 1. The van der Waals surface area contributed by atoms with Crippen LogP contribution in [-0.2, 0) is 11.4 Å². The molecular weight excluding hydrogens is 518 g/mol. The van der Waals surface area contributed by atoms with Crippen molar-refractivity contribution in [1.29, 1.82) is 0 Å². The summed E-state index contributed by atoms with van der Waals surface area (Å²) < 4.78 is 61.6. The number of aliphatic carboxylic acids is 1. The molecule has 2 aromatic carbocycles. The Labute approximate surface area is 223 Å². The largest absolute Gasteiger partial charge is 0.497 e. The van der Waals surface area contributed by atoms with Gasteiger partial charge in [0.1, 0.15) is 17.7 Å². The second kappa shape index (κ2) is 12.2. The van der Waals surface area contributed by atoms with Crippen LogP contribution in [0.1, 0.15) is 43.0 Å². The van der Waals surface area contributed by atoms with Crippen molar-refractivity contribution in [2.24, 2.45) is 5.41 Å². The molecule has 1 aromatic heterocycles. The lowest BCUT2D eigenvalue weighted by molar-refractivity contribution is -0.153. The number of aromatic nitrogens is 1. The predicted octanol–water partition coefficient (Wildman–Crippen LogP) is 5.22. The van der Waals surface area contributed by atoms with Crippen LogP contribution in [0.3, 0.4) is 0 Å². The SMILES string of the molecule is COc1ccc2ncc(CO)c([C@@H](F)CCC3(C(=O)O)CCN(CCNc4cc(F)cc(F)c4F)CC3)c2c1. The number of carboxylic acid groups (broad SMARTS) is 1. The molecule has 0 saturated carbocycles. The molecule has 0 aliphatic carbocycles. The van der Waals surface area contributed by atoms with Gasteiger partial charge in [-0.15, -0.1) is 0 Å². The van der Waals surface area contributed by atoms with Crippen molar-refractivity contribution < 1.29 is 37.3 Å². The number of pyridine rings is 1. The zero-order valence-electron chi connectivity index (χ0n) is 21.5. The molecule has 0 bridgehead atoms. The van der Waals surface area contributed by atoms with Crippen molar-refractivity contribution in [3.63, 3.8) is 0 Å². The third-order valence-corrected chi connectivity index (χ3v) is 7.56. The van der Waals surface area contributed by atoms with Gasteiger partial charge in [0.25, 0.3) is 0 Å². The Balaban J connectivity index is 1.39. The highest BCUT2D eigenvalue weighted by molar-refractivity contribution is 5.85. The summed E-state index contributed by atoms with van der Waals surface area (Å²) in [5, 5.41) is 23.1. The zero-order chi connectivity index (χ0) is 28.2. The number of methoxy groups -OCH3 is 1. The number of nitrogens with zero attached hydrogens (tertiary/aromatic N) is 2. The van der Waals surface area contributed by atoms with Crippen LogP contribution in [0.15, 0.2) is 36.5 Å². The number of hydrogen-bond acceptors (Lipinski definition) is 6. The number of hydrogen-bond donors (Lipinski definition) is 3. The minimum absolute atomic E-state index is 0.0540. The van der Waals surface area contributed by atoms with Crippen molar-refractivity contribution >= 4 is 22.6 Å². The van der Waals surface area contributed by atoms with E-state index in [4.69, 9.17) is 4.74 Å². The molecule has 0 unspecified atom stereocenters. The Morgan fingerprint density at radius 1 is 1.21 bits per heavy atom. The van der Waals surface area contributed by atoms with Crippen LogP contribution in [0.5, 0.6) is 5.75 Å². The van der Waals surface area contributed by atoms with E-state index in [1.54, 1.807) is 18.2 Å². The Bertz CT molecular complexity index is 1330. The van der Waals surface area contributed by atoms with E-state index < -0.39 is 41.6 Å². The molecule has 0 amide bonds. The quantitative estimate of drug-likeness (QED) is 0.223. The number of nitrogens with one attached hydrogen (secondary N) is 1. The summed E-state index contributed by atoms with van der Waals surface area (Å²) >= 11 is 0. The first kappa shape index (κ1) is 28.6. The average Bonchev–Trinajstić information content (AvgIpc) is 2.93. The molecule has 1 atom stereocenters. The molecule has 11 heteroatoms. The first-order chi connectivity index (χ1) is 18.7. The number of carboxylic acids is 1. The third kappa shape index (κ3) is 6.25. The second-order valence-electron chi connectivity index (χ2n) is 9.85. The molecule has 3 aromatic rings. The van der Waals surface area contributed by atoms with Gasteiger partial charge in [-0.05, 0) is 57.0 Å². The molecule has 7 nitrogen and oxygen atoms in total. The van der Waals surface area contributed by atoms with E-state index in [9.17, 15) is 28.2 Å². The summed E-state index contributed by atoms with van der Waals surface area (Å²) in [4.78, 5) is 18.6. The molecule has 1 aliphatic rings. The summed E-state index contributed by atoms with van der Waals surface area (Å²) in [5.41, 5.74) is -0.231. The van der Waals surface area contributed by atoms with Crippen molar-refractivity contribution in [2.75, 3.05) is 38.6 Å². The van der Waals surface area contributed by atoms with Gasteiger partial charge >= 0.3 is 5.97 Å². The van der Waals surface area contributed by atoms with Gasteiger partial charge in [0.15, 0.2) is 11.6 Å². The fourth-order valence-electron chi connectivity index (χ4n) is 5.21. The number of halogens is 4. The third-order valence-electron chi connectivity index (χ3n) is 7.56. The number of aliphatic hydroxyl groups is 1. The van der Waals surface area contributed by atoms with E-state index in [0.29, 0.717) is 47.9 Å². The number of benzene rings is 2. The van der Waals surface area contributed by atoms with Crippen LogP contribution >= 0.6 is 0 Å². The van der Waals surface area contributed by atoms with Gasteiger partial charge in [0, 0.05) is 47.9 Å². The van der Waals surface area contributed by atoms with E-state index in [1.807, 2.05) is 4.90 Å².